The normalized spacial score (nSPS) is 16.7. The number of non-ortho nitro benzene ring substituents is 1. The van der Waals surface area contributed by atoms with E-state index in [1.54, 1.807) is 12.1 Å². The van der Waals surface area contributed by atoms with Crippen molar-refractivity contribution in [2.24, 2.45) is 0 Å². The van der Waals surface area contributed by atoms with Crippen molar-refractivity contribution in [1.29, 1.82) is 0 Å². The van der Waals surface area contributed by atoms with Crippen LogP contribution in [-0.2, 0) is 17.3 Å². The van der Waals surface area contributed by atoms with Gasteiger partial charge in [-0.05, 0) is 77.6 Å². The van der Waals surface area contributed by atoms with Crippen LogP contribution in [0.5, 0.6) is 5.75 Å². The van der Waals surface area contributed by atoms with Crippen LogP contribution >= 0.6 is 0 Å². The third-order valence-electron chi connectivity index (χ3n) is 6.54. The summed E-state index contributed by atoms with van der Waals surface area (Å²) in [6.07, 6.45) is 4.42. The first-order chi connectivity index (χ1) is 14.9. The minimum Gasteiger partial charge on any atom is -0.507 e. The summed E-state index contributed by atoms with van der Waals surface area (Å²) in [5.74, 6) is 0.404. The van der Waals surface area contributed by atoms with Crippen molar-refractivity contribution in [2.45, 2.75) is 84.1 Å². The van der Waals surface area contributed by atoms with Crippen LogP contribution in [0.2, 0.25) is 0 Å². The van der Waals surface area contributed by atoms with E-state index in [-0.39, 0.29) is 27.5 Å². The van der Waals surface area contributed by atoms with Gasteiger partial charge < -0.3 is 5.11 Å². The van der Waals surface area contributed by atoms with Gasteiger partial charge in [-0.25, -0.2) is 0 Å². The Labute approximate surface area is 192 Å². The van der Waals surface area contributed by atoms with Gasteiger partial charge in [-0.2, -0.15) is 0 Å². The molecular weight excluding hydrogens is 400 g/mol. The molecule has 0 bridgehead atoms. The second-order valence-corrected chi connectivity index (χ2v) is 11.2. The first-order valence-corrected chi connectivity index (χ1v) is 11.7. The standard InChI is InChI=1S/C27H38N2O3/c1-26(2,3)22-17-20(18-23(25(22)30)27(4,5)6)24(28-14-8-7-9-15-28)16-19-10-12-21(13-11-19)29(31)32/h10-13,17-18,24,30H,7-9,14-16H2,1-6H3. The largest absolute Gasteiger partial charge is 0.507 e. The molecule has 1 heterocycles. The SMILES string of the molecule is CC(C)(C)c1cc(C(Cc2ccc([N+](=O)[O-])cc2)N2CCCCC2)cc(C(C)(C)C)c1O. The topological polar surface area (TPSA) is 66.6 Å². The summed E-state index contributed by atoms with van der Waals surface area (Å²) < 4.78 is 0. The highest BCUT2D eigenvalue weighted by Crippen LogP contribution is 2.42. The minimum absolute atomic E-state index is 0.123. The Balaban J connectivity index is 2.10. The second kappa shape index (κ2) is 9.22. The number of likely N-dealkylation sites (tertiary alicyclic amines) is 1. The average Bonchev–Trinajstić information content (AvgIpc) is 2.71. The summed E-state index contributed by atoms with van der Waals surface area (Å²) in [4.78, 5) is 13.3. The molecule has 0 aromatic heterocycles. The number of phenols is 1. The maximum atomic E-state index is 11.2. The molecule has 1 unspecified atom stereocenters. The maximum Gasteiger partial charge on any atom is 0.269 e. The quantitative estimate of drug-likeness (QED) is 0.418. The summed E-state index contributed by atoms with van der Waals surface area (Å²) in [5.41, 5.74) is 4.03. The number of phenolic OH excluding ortho intramolecular Hbond substituents is 1. The van der Waals surface area contributed by atoms with Crippen LogP contribution in [0, 0.1) is 10.1 Å². The van der Waals surface area contributed by atoms with Gasteiger partial charge in [0.05, 0.1) is 4.92 Å². The van der Waals surface area contributed by atoms with Crippen LogP contribution in [0.4, 0.5) is 5.69 Å². The van der Waals surface area contributed by atoms with Crippen LogP contribution in [-0.4, -0.2) is 28.0 Å². The van der Waals surface area contributed by atoms with E-state index >= 15 is 0 Å². The zero-order valence-corrected chi connectivity index (χ0v) is 20.4. The number of nitrogens with zero attached hydrogens (tertiary/aromatic N) is 2. The van der Waals surface area contributed by atoms with E-state index < -0.39 is 0 Å². The molecule has 0 radical (unpaired) electrons. The number of hydrogen-bond donors (Lipinski definition) is 1. The molecule has 0 saturated carbocycles. The van der Waals surface area contributed by atoms with E-state index in [2.05, 4.69) is 58.6 Å². The summed E-state index contributed by atoms with van der Waals surface area (Å²) in [6.45, 7) is 15.0. The van der Waals surface area contributed by atoms with Crippen molar-refractivity contribution in [2.75, 3.05) is 13.1 Å². The number of piperidine rings is 1. The fraction of sp³-hybridized carbons (Fsp3) is 0.556. The average molecular weight is 439 g/mol. The van der Waals surface area contributed by atoms with Crippen LogP contribution < -0.4 is 0 Å². The van der Waals surface area contributed by atoms with Crippen LogP contribution in [0.1, 0.15) is 89.1 Å². The van der Waals surface area contributed by atoms with Crippen molar-refractivity contribution in [3.8, 4) is 5.75 Å². The highest BCUT2D eigenvalue weighted by atomic mass is 16.6. The molecule has 1 aliphatic heterocycles. The molecule has 1 aliphatic rings. The van der Waals surface area contributed by atoms with Gasteiger partial charge in [0.15, 0.2) is 0 Å². The fourth-order valence-electron chi connectivity index (χ4n) is 4.66. The number of rotatable bonds is 5. The fourth-order valence-corrected chi connectivity index (χ4v) is 4.66. The highest BCUT2D eigenvalue weighted by molar-refractivity contribution is 5.51. The molecule has 1 N–H and O–H groups in total. The number of hydrogen-bond acceptors (Lipinski definition) is 4. The lowest BCUT2D eigenvalue weighted by Crippen LogP contribution is -2.35. The van der Waals surface area contributed by atoms with Gasteiger partial charge in [-0.3, -0.25) is 15.0 Å². The molecule has 3 rings (SSSR count). The number of nitro groups is 1. The van der Waals surface area contributed by atoms with E-state index in [4.69, 9.17) is 0 Å². The number of aromatic hydroxyl groups is 1. The lowest BCUT2D eigenvalue weighted by Gasteiger charge is -2.37. The molecule has 5 nitrogen and oxygen atoms in total. The summed E-state index contributed by atoms with van der Waals surface area (Å²) in [7, 11) is 0. The summed E-state index contributed by atoms with van der Waals surface area (Å²) in [6, 6.07) is 11.5. The van der Waals surface area contributed by atoms with Crippen molar-refractivity contribution in [3.63, 3.8) is 0 Å². The second-order valence-electron chi connectivity index (χ2n) is 11.2. The van der Waals surface area contributed by atoms with Crippen LogP contribution in [0.3, 0.4) is 0 Å². The minimum atomic E-state index is -0.350. The summed E-state index contributed by atoms with van der Waals surface area (Å²) in [5, 5.41) is 22.2. The predicted octanol–water partition coefficient (Wildman–Crippen LogP) is 6.67. The molecule has 0 amide bonds. The molecule has 32 heavy (non-hydrogen) atoms. The Hall–Kier alpha value is -2.40. The van der Waals surface area contributed by atoms with Crippen molar-refractivity contribution in [3.05, 3.63) is 68.8 Å². The maximum absolute atomic E-state index is 11.2. The van der Waals surface area contributed by atoms with E-state index in [0.717, 1.165) is 36.2 Å². The van der Waals surface area contributed by atoms with Gasteiger partial charge in [0.2, 0.25) is 0 Å². The Morgan fingerprint density at radius 1 is 0.938 bits per heavy atom. The van der Waals surface area contributed by atoms with Gasteiger partial charge in [0.25, 0.3) is 5.69 Å². The molecule has 2 aromatic carbocycles. The molecule has 0 spiro atoms. The van der Waals surface area contributed by atoms with E-state index in [9.17, 15) is 15.2 Å². The lowest BCUT2D eigenvalue weighted by atomic mass is 9.77. The molecule has 1 fully saturated rings. The molecule has 1 saturated heterocycles. The Bertz CT molecular complexity index is 911. The molecule has 1 atom stereocenters. The van der Waals surface area contributed by atoms with Gasteiger partial charge in [-0.15, -0.1) is 0 Å². The van der Waals surface area contributed by atoms with E-state index in [0.29, 0.717) is 5.75 Å². The molecule has 0 aliphatic carbocycles. The van der Waals surface area contributed by atoms with Crippen molar-refractivity contribution < 1.29 is 10.0 Å². The van der Waals surface area contributed by atoms with Crippen LogP contribution in [0.15, 0.2) is 36.4 Å². The molecule has 2 aromatic rings. The first-order valence-electron chi connectivity index (χ1n) is 11.7. The van der Waals surface area contributed by atoms with Gasteiger partial charge >= 0.3 is 0 Å². The smallest absolute Gasteiger partial charge is 0.269 e. The zero-order chi connectivity index (χ0) is 23.7. The monoisotopic (exact) mass is 438 g/mol. The van der Waals surface area contributed by atoms with E-state index in [1.165, 1.54) is 24.8 Å². The third kappa shape index (κ3) is 5.50. The number of nitro benzene ring substituents is 1. The Morgan fingerprint density at radius 3 is 1.88 bits per heavy atom. The van der Waals surface area contributed by atoms with Crippen LogP contribution in [0.25, 0.3) is 0 Å². The first kappa shape index (κ1) is 24.2. The van der Waals surface area contributed by atoms with Gasteiger partial charge in [-0.1, -0.05) is 60.1 Å². The lowest BCUT2D eigenvalue weighted by molar-refractivity contribution is -0.384. The number of benzene rings is 2. The Kier molecular flexibility index (Phi) is 6.99. The van der Waals surface area contributed by atoms with Crippen molar-refractivity contribution >= 4 is 5.69 Å². The molecule has 174 valence electrons. The zero-order valence-electron chi connectivity index (χ0n) is 20.4. The Morgan fingerprint density at radius 2 is 1.44 bits per heavy atom. The highest BCUT2D eigenvalue weighted by Gasteiger charge is 2.30. The van der Waals surface area contributed by atoms with E-state index in [1.807, 2.05) is 12.1 Å². The predicted molar refractivity (Wildman–Crippen MR) is 130 cm³/mol. The molecular formula is C27H38N2O3. The summed E-state index contributed by atoms with van der Waals surface area (Å²) >= 11 is 0. The van der Waals surface area contributed by atoms with Crippen molar-refractivity contribution in [1.82, 2.24) is 4.90 Å². The molecule has 5 heteroatoms. The van der Waals surface area contributed by atoms with Gasteiger partial charge in [0.1, 0.15) is 5.75 Å². The third-order valence-corrected chi connectivity index (χ3v) is 6.54. The van der Waals surface area contributed by atoms with Gasteiger partial charge in [0, 0.05) is 18.2 Å².